The van der Waals surface area contributed by atoms with Crippen LogP contribution in [0.15, 0.2) is 66.9 Å². The van der Waals surface area contributed by atoms with Gasteiger partial charge in [-0.15, -0.1) is 0 Å². The number of ether oxygens (including phenoxy) is 2. The molecule has 0 radical (unpaired) electrons. The number of nitrogens with one attached hydrogen (secondary N) is 3. The van der Waals surface area contributed by atoms with Gasteiger partial charge in [-0.05, 0) is 87.9 Å². The van der Waals surface area contributed by atoms with E-state index in [1.54, 1.807) is 64.9 Å². The fourth-order valence-electron chi connectivity index (χ4n) is 7.21. The Morgan fingerprint density at radius 2 is 1.58 bits per heavy atom. The summed E-state index contributed by atoms with van der Waals surface area (Å²) in [6, 6.07) is 12.7. The normalized spacial score (nSPS) is 17.0. The van der Waals surface area contributed by atoms with Crippen molar-refractivity contribution in [2.45, 2.75) is 69.5 Å². The van der Waals surface area contributed by atoms with Crippen LogP contribution in [0.5, 0.6) is 11.5 Å². The van der Waals surface area contributed by atoms with Crippen molar-refractivity contribution in [3.63, 3.8) is 0 Å². The molecule has 10 N–H and O–H groups in total. The highest BCUT2D eigenvalue weighted by Gasteiger charge is 2.36. The maximum atomic E-state index is 14.6. The molecule has 4 amide bonds. The van der Waals surface area contributed by atoms with E-state index in [-0.39, 0.29) is 56.0 Å². The van der Waals surface area contributed by atoms with E-state index in [1.807, 2.05) is 30.5 Å². The summed E-state index contributed by atoms with van der Waals surface area (Å²) in [4.78, 5) is 79.0. The number of carboxylic acid groups (broad SMARTS) is 1. The molecule has 1 aliphatic rings. The van der Waals surface area contributed by atoms with Crippen molar-refractivity contribution in [1.29, 1.82) is 0 Å². The predicted octanol–water partition coefficient (Wildman–Crippen LogP) is 3.32. The smallest absolute Gasteiger partial charge is 0.326 e. The molecular weight excluding hydrogens is 859 g/mol. The molecule has 64 heavy (non-hydrogen) atoms. The molecule has 0 spiro atoms. The van der Waals surface area contributed by atoms with Crippen LogP contribution in [0.4, 0.5) is 0 Å². The van der Waals surface area contributed by atoms with Gasteiger partial charge in [0.1, 0.15) is 48.9 Å². The van der Waals surface area contributed by atoms with Gasteiger partial charge in [-0.2, -0.15) is 0 Å². The van der Waals surface area contributed by atoms with Crippen molar-refractivity contribution in [2.24, 2.45) is 17.2 Å². The van der Waals surface area contributed by atoms with E-state index < -0.39 is 53.8 Å². The van der Waals surface area contributed by atoms with E-state index in [9.17, 15) is 29.1 Å². The van der Waals surface area contributed by atoms with Crippen LogP contribution >= 0.6 is 21.6 Å². The van der Waals surface area contributed by atoms with Crippen molar-refractivity contribution in [1.82, 2.24) is 30.8 Å². The number of likely N-dealkylation sites (N-methyl/N-ethyl adjacent to an activating group) is 1. The molecule has 4 bridgehead atoms. The molecule has 4 atom stereocenters. The van der Waals surface area contributed by atoms with E-state index in [0.29, 0.717) is 45.3 Å². The molecule has 0 fully saturated rings. The van der Waals surface area contributed by atoms with E-state index in [2.05, 4.69) is 39.8 Å². The minimum Gasteiger partial charge on any atom is -0.492 e. The Balaban J connectivity index is 1.52. The second-order valence-corrected chi connectivity index (χ2v) is 18.7. The van der Waals surface area contributed by atoms with Gasteiger partial charge in [-0.1, -0.05) is 58.0 Å². The van der Waals surface area contributed by atoms with Crippen molar-refractivity contribution in [3.05, 3.63) is 94.8 Å². The van der Waals surface area contributed by atoms with Crippen LogP contribution in [0.25, 0.3) is 22.5 Å². The number of aromatic nitrogens is 2. The van der Waals surface area contributed by atoms with Gasteiger partial charge < -0.3 is 52.6 Å². The van der Waals surface area contributed by atoms with E-state index in [1.165, 1.54) is 25.1 Å². The van der Waals surface area contributed by atoms with Gasteiger partial charge in [-0.25, -0.2) is 14.8 Å². The van der Waals surface area contributed by atoms with Crippen LogP contribution in [0, 0.1) is 6.92 Å². The van der Waals surface area contributed by atoms with Crippen LogP contribution < -0.4 is 42.6 Å². The zero-order valence-electron chi connectivity index (χ0n) is 36.8. The van der Waals surface area contributed by atoms with Crippen molar-refractivity contribution >= 4 is 51.2 Å². The third-order valence-electron chi connectivity index (χ3n) is 10.6. The Hall–Kier alpha value is -5.73. The maximum absolute atomic E-state index is 14.6. The average Bonchev–Trinajstić information content (AvgIpc) is 3.26. The molecule has 3 aromatic carbocycles. The zero-order chi connectivity index (χ0) is 46.7. The Morgan fingerprint density at radius 3 is 2.17 bits per heavy atom. The lowest BCUT2D eigenvalue weighted by atomic mass is 9.93. The summed E-state index contributed by atoms with van der Waals surface area (Å²) in [5.41, 5.74) is 21.8. The summed E-state index contributed by atoms with van der Waals surface area (Å²) in [5.74, 6) is -2.94. The first-order valence-corrected chi connectivity index (χ1v) is 23.3. The van der Waals surface area contributed by atoms with Crippen molar-refractivity contribution < 1.29 is 38.6 Å². The first-order chi connectivity index (χ1) is 30.5. The Morgan fingerprint density at radius 1 is 0.938 bits per heavy atom. The lowest BCUT2D eigenvalue weighted by molar-refractivity contribution is -0.143. The summed E-state index contributed by atoms with van der Waals surface area (Å²) in [6.45, 7) is 8.04. The van der Waals surface area contributed by atoms with Gasteiger partial charge >= 0.3 is 5.97 Å². The van der Waals surface area contributed by atoms with Crippen LogP contribution in [0.3, 0.4) is 0 Å². The molecule has 17 nitrogen and oxygen atoms in total. The minimum absolute atomic E-state index is 0.000102. The molecule has 0 unspecified atom stereocenters. The lowest BCUT2D eigenvalue weighted by Crippen LogP contribution is -2.55. The highest BCUT2D eigenvalue weighted by atomic mass is 33.1. The SMILES string of the molecule is CSSC(C)(C)c1ccc(-c2ncc(C(=O)N[C@@H](CCN)C(=O)N(C)[C@@H]3C(=O)N[C@@H](C)C(=O)N[C@H](C(=O)O)Cc4ccc(OCCN)c(c4)-c4cc3ccc4OCCN)c(C)n2)cc1. The number of fused-ring (bicyclic) bond motifs is 5. The van der Waals surface area contributed by atoms with Gasteiger partial charge in [0, 0.05) is 54.2 Å². The van der Waals surface area contributed by atoms with Gasteiger partial charge in [0.05, 0.1) is 11.3 Å². The van der Waals surface area contributed by atoms with Crippen LogP contribution in [0.1, 0.15) is 66.0 Å². The second-order valence-electron chi connectivity index (χ2n) is 15.7. The highest BCUT2D eigenvalue weighted by Crippen LogP contribution is 2.43. The molecule has 19 heteroatoms. The number of carbonyl (C=O) groups is 5. The largest absolute Gasteiger partial charge is 0.492 e. The second kappa shape index (κ2) is 22.3. The summed E-state index contributed by atoms with van der Waals surface area (Å²) in [6.07, 6.45) is 3.35. The number of hydrogen-bond acceptors (Lipinski definition) is 14. The van der Waals surface area contributed by atoms with Gasteiger partial charge in [-0.3, -0.25) is 19.2 Å². The fraction of sp³-hybridized carbons (Fsp3) is 0.400. The molecule has 4 aromatic rings. The average molecular weight is 916 g/mol. The summed E-state index contributed by atoms with van der Waals surface area (Å²) >= 11 is 0. The monoisotopic (exact) mass is 915 g/mol. The topological polar surface area (TPSA) is 267 Å². The molecule has 0 aliphatic carbocycles. The lowest BCUT2D eigenvalue weighted by Gasteiger charge is -2.32. The first kappa shape index (κ1) is 49.3. The third kappa shape index (κ3) is 11.9. The quantitative estimate of drug-likeness (QED) is 0.0750. The van der Waals surface area contributed by atoms with Crippen LogP contribution in [0.2, 0.25) is 0 Å². The highest BCUT2D eigenvalue weighted by molar-refractivity contribution is 8.76. The molecule has 1 aromatic heterocycles. The number of aryl methyl sites for hydroxylation is 1. The molecule has 1 aliphatic heterocycles. The minimum atomic E-state index is -1.40. The van der Waals surface area contributed by atoms with Crippen LogP contribution in [-0.2, 0) is 30.3 Å². The van der Waals surface area contributed by atoms with Crippen molar-refractivity contribution in [2.75, 3.05) is 46.2 Å². The van der Waals surface area contributed by atoms with Gasteiger partial charge in [0.15, 0.2) is 5.82 Å². The fourth-order valence-corrected chi connectivity index (χ4v) is 9.40. The standard InChI is InChI=1S/C45H57N9O8S2/c1-25-33(24-49-39(50-25)28-8-11-30(12-9-28)45(3,4)64-63-6)41(56)52-34(15-16-46)43(58)54(5)38-29-10-14-37(62-20-18-48)32(23-29)31-21-27(7-13-36(31)61-19-17-47)22-35(44(59)60)53-40(55)26(2)51-42(38)57/h7-14,21,23-24,26,34-35,38H,15-20,22,46-48H2,1-6H3,(H,51,57)(H,52,56)(H,53,55)(H,59,60)/t26-,34-,35-,38-/m0/s1. The summed E-state index contributed by atoms with van der Waals surface area (Å²) in [7, 11) is 4.86. The number of nitrogens with zero attached hydrogens (tertiary/aromatic N) is 3. The molecule has 5 rings (SSSR count). The molecule has 0 saturated heterocycles. The van der Waals surface area contributed by atoms with E-state index in [4.69, 9.17) is 26.7 Å². The third-order valence-corrected chi connectivity index (χ3v) is 13.2. The van der Waals surface area contributed by atoms with Crippen molar-refractivity contribution in [3.8, 4) is 34.0 Å². The number of rotatable bonds is 17. The molecule has 342 valence electrons. The summed E-state index contributed by atoms with van der Waals surface area (Å²) in [5, 5.41) is 18.1. The number of hydrogen-bond donors (Lipinski definition) is 7. The zero-order valence-corrected chi connectivity index (χ0v) is 38.4. The molecular formula is C45H57N9O8S2. The number of aliphatic carboxylic acids is 1. The van der Waals surface area contributed by atoms with Gasteiger partial charge in [0.2, 0.25) is 17.7 Å². The number of amides is 4. The van der Waals surface area contributed by atoms with Gasteiger partial charge in [0.25, 0.3) is 5.91 Å². The Bertz CT molecular complexity index is 2330. The number of nitrogens with two attached hydrogens (primary N) is 3. The number of carbonyl (C=O) groups excluding carboxylic acids is 4. The Kier molecular flexibility index (Phi) is 17.1. The number of benzene rings is 3. The first-order valence-electron chi connectivity index (χ1n) is 20.7. The summed E-state index contributed by atoms with van der Waals surface area (Å²) < 4.78 is 12.0. The predicted molar refractivity (Wildman–Crippen MR) is 249 cm³/mol. The van der Waals surface area contributed by atoms with Crippen LogP contribution in [-0.4, -0.2) is 114 Å². The van der Waals surface area contributed by atoms with E-state index in [0.717, 1.165) is 11.1 Å². The Labute approximate surface area is 380 Å². The maximum Gasteiger partial charge on any atom is 0.326 e. The van der Waals surface area contributed by atoms with E-state index >= 15 is 0 Å². The molecule has 2 heterocycles. The number of carboxylic acids is 1. The molecule has 0 saturated carbocycles.